The number of hydrogen-bond donors (Lipinski definition) is 1. The van der Waals surface area contributed by atoms with Crippen molar-refractivity contribution < 1.29 is 14.3 Å². The Morgan fingerprint density at radius 3 is 2.43 bits per heavy atom. The molecule has 1 saturated heterocycles. The molecule has 1 aromatic rings. The van der Waals surface area contributed by atoms with E-state index in [1.54, 1.807) is 0 Å². The molecule has 0 spiro atoms. The van der Waals surface area contributed by atoms with Gasteiger partial charge in [0.25, 0.3) is 0 Å². The lowest BCUT2D eigenvalue weighted by molar-refractivity contribution is -0.138. The Hall–Kier alpha value is -1.17. The molecule has 0 amide bonds. The van der Waals surface area contributed by atoms with Crippen LogP contribution in [0.2, 0.25) is 0 Å². The average Bonchev–Trinajstić information content (AvgIpc) is 2.41. The molecule has 0 atom stereocenters. The molecular formula is C15H22ClFN2O2. The summed E-state index contributed by atoms with van der Waals surface area (Å²) >= 11 is 0. The van der Waals surface area contributed by atoms with Gasteiger partial charge in [-0.1, -0.05) is 12.1 Å². The number of likely N-dealkylation sites (N-methyl/N-ethyl adjacent to an activating group) is 1. The van der Waals surface area contributed by atoms with Crippen LogP contribution in [-0.2, 0) is 11.3 Å². The first-order chi connectivity index (χ1) is 9.54. The van der Waals surface area contributed by atoms with Gasteiger partial charge in [0.1, 0.15) is 5.82 Å². The maximum absolute atomic E-state index is 12.8. The van der Waals surface area contributed by atoms with Crippen LogP contribution in [0, 0.1) is 5.82 Å². The molecule has 1 aromatic carbocycles. The van der Waals surface area contributed by atoms with Crippen molar-refractivity contribution in [2.24, 2.45) is 0 Å². The molecular weight excluding hydrogens is 295 g/mol. The second kappa shape index (κ2) is 8.32. The zero-order chi connectivity index (χ0) is 14.5. The third-order valence-electron chi connectivity index (χ3n) is 3.88. The molecule has 0 radical (unpaired) electrons. The first kappa shape index (κ1) is 17.9. The van der Waals surface area contributed by atoms with Gasteiger partial charge in [0, 0.05) is 12.6 Å². The van der Waals surface area contributed by atoms with Gasteiger partial charge in [-0.25, -0.2) is 4.39 Å². The smallest absolute Gasteiger partial charge is 0.317 e. The highest BCUT2D eigenvalue weighted by molar-refractivity contribution is 5.85. The summed E-state index contributed by atoms with van der Waals surface area (Å²) in [5.41, 5.74) is 1.11. The number of aliphatic carboxylic acids is 1. The fourth-order valence-electron chi connectivity index (χ4n) is 2.71. The van der Waals surface area contributed by atoms with E-state index in [0.717, 1.165) is 38.0 Å². The van der Waals surface area contributed by atoms with E-state index in [4.69, 9.17) is 5.11 Å². The highest BCUT2D eigenvalue weighted by Gasteiger charge is 2.23. The standard InChI is InChI=1S/C15H21FN2O2.ClH/c1-17(11-15(19)20)14-6-8-18(9-7-14)10-12-2-4-13(16)5-3-12;/h2-5,14H,6-11H2,1H3,(H,19,20);1H. The van der Waals surface area contributed by atoms with Crippen LogP contribution >= 0.6 is 12.4 Å². The minimum Gasteiger partial charge on any atom is -0.480 e. The monoisotopic (exact) mass is 316 g/mol. The van der Waals surface area contributed by atoms with Crippen LogP contribution in [0.15, 0.2) is 24.3 Å². The van der Waals surface area contributed by atoms with E-state index < -0.39 is 5.97 Å². The van der Waals surface area contributed by atoms with Crippen LogP contribution in [0.4, 0.5) is 4.39 Å². The van der Waals surface area contributed by atoms with E-state index in [2.05, 4.69) is 4.90 Å². The zero-order valence-electron chi connectivity index (χ0n) is 12.2. The molecule has 6 heteroatoms. The molecule has 0 aliphatic carbocycles. The zero-order valence-corrected chi connectivity index (χ0v) is 13.0. The van der Waals surface area contributed by atoms with Crippen molar-refractivity contribution in [3.8, 4) is 0 Å². The number of carbonyl (C=O) groups is 1. The molecule has 1 heterocycles. The molecule has 1 N–H and O–H groups in total. The summed E-state index contributed by atoms with van der Waals surface area (Å²) in [7, 11) is 1.87. The number of piperidine rings is 1. The molecule has 21 heavy (non-hydrogen) atoms. The lowest BCUT2D eigenvalue weighted by Crippen LogP contribution is -2.44. The molecule has 0 saturated carbocycles. The number of likely N-dealkylation sites (tertiary alicyclic amines) is 1. The van der Waals surface area contributed by atoms with Gasteiger partial charge in [-0.15, -0.1) is 12.4 Å². The molecule has 118 valence electrons. The summed E-state index contributed by atoms with van der Waals surface area (Å²) in [5, 5.41) is 8.80. The third kappa shape index (κ3) is 5.61. The van der Waals surface area contributed by atoms with Gasteiger partial charge < -0.3 is 5.11 Å². The van der Waals surface area contributed by atoms with Gasteiger partial charge in [-0.3, -0.25) is 14.6 Å². The van der Waals surface area contributed by atoms with Crippen LogP contribution in [0.5, 0.6) is 0 Å². The molecule has 4 nitrogen and oxygen atoms in total. The molecule has 1 fully saturated rings. The number of nitrogens with zero attached hydrogens (tertiary/aromatic N) is 2. The van der Waals surface area contributed by atoms with Crippen molar-refractivity contribution in [3.05, 3.63) is 35.6 Å². The van der Waals surface area contributed by atoms with Gasteiger partial charge >= 0.3 is 5.97 Å². The second-order valence-electron chi connectivity index (χ2n) is 5.44. The Balaban J connectivity index is 0.00000220. The fraction of sp³-hybridized carbons (Fsp3) is 0.533. The van der Waals surface area contributed by atoms with Crippen molar-refractivity contribution >= 4 is 18.4 Å². The largest absolute Gasteiger partial charge is 0.480 e. The van der Waals surface area contributed by atoms with Crippen molar-refractivity contribution in [3.63, 3.8) is 0 Å². The maximum Gasteiger partial charge on any atom is 0.317 e. The third-order valence-corrected chi connectivity index (χ3v) is 3.88. The van der Waals surface area contributed by atoms with E-state index in [1.165, 1.54) is 12.1 Å². The fourth-order valence-corrected chi connectivity index (χ4v) is 2.71. The summed E-state index contributed by atoms with van der Waals surface area (Å²) < 4.78 is 12.8. The van der Waals surface area contributed by atoms with E-state index >= 15 is 0 Å². The highest BCUT2D eigenvalue weighted by atomic mass is 35.5. The van der Waals surface area contributed by atoms with E-state index in [9.17, 15) is 9.18 Å². The second-order valence-corrected chi connectivity index (χ2v) is 5.44. The van der Waals surface area contributed by atoms with Crippen molar-refractivity contribution in [2.75, 3.05) is 26.7 Å². The Morgan fingerprint density at radius 2 is 1.90 bits per heavy atom. The Morgan fingerprint density at radius 1 is 1.33 bits per heavy atom. The quantitative estimate of drug-likeness (QED) is 0.904. The predicted molar refractivity (Wildman–Crippen MR) is 82.2 cm³/mol. The number of carboxylic acids is 1. The first-order valence-corrected chi connectivity index (χ1v) is 6.93. The van der Waals surface area contributed by atoms with Crippen LogP contribution < -0.4 is 0 Å². The highest BCUT2D eigenvalue weighted by Crippen LogP contribution is 2.17. The predicted octanol–water partition coefficient (Wildman–Crippen LogP) is 2.23. The van der Waals surface area contributed by atoms with Crippen LogP contribution in [0.3, 0.4) is 0 Å². The van der Waals surface area contributed by atoms with Gasteiger partial charge in [0.2, 0.25) is 0 Å². The molecule has 2 rings (SSSR count). The summed E-state index contributed by atoms with van der Waals surface area (Å²) in [5.74, 6) is -0.982. The number of rotatable bonds is 5. The SMILES string of the molecule is CN(CC(=O)O)C1CCN(Cc2ccc(F)cc2)CC1.Cl. The minimum absolute atomic E-state index is 0. The van der Waals surface area contributed by atoms with Crippen molar-refractivity contribution in [1.29, 1.82) is 0 Å². The summed E-state index contributed by atoms with van der Waals surface area (Å²) in [4.78, 5) is 14.9. The number of benzene rings is 1. The topological polar surface area (TPSA) is 43.8 Å². The van der Waals surface area contributed by atoms with Gasteiger partial charge in [0.15, 0.2) is 0 Å². The molecule has 0 aromatic heterocycles. The molecule has 1 aliphatic heterocycles. The van der Waals surface area contributed by atoms with Crippen molar-refractivity contribution in [2.45, 2.75) is 25.4 Å². The molecule has 1 aliphatic rings. The van der Waals surface area contributed by atoms with E-state index in [-0.39, 0.29) is 24.8 Å². The minimum atomic E-state index is -0.777. The lowest BCUT2D eigenvalue weighted by Gasteiger charge is -2.36. The Kier molecular flexibility index (Phi) is 7.08. The summed E-state index contributed by atoms with van der Waals surface area (Å²) in [6, 6.07) is 6.96. The average molecular weight is 317 g/mol. The maximum atomic E-state index is 12.8. The van der Waals surface area contributed by atoms with Crippen LogP contribution in [-0.4, -0.2) is 53.6 Å². The van der Waals surface area contributed by atoms with Crippen LogP contribution in [0.25, 0.3) is 0 Å². The lowest BCUT2D eigenvalue weighted by atomic mass is 10.0. The van der Waals surface area contributed by atoms with E-state index in [1.807, 2.05) is 24.1 Å². The Labute approximate surface area is 131 Å². The number of halogens is 2. The summed E-state index contributed by atoms with van der Waals surface area (Å²) in [6.45, 7) is 2.83. The van der Waals surface area contributed by atoms with Gasteiger partial charge in [0.05, 0.1) is 6.54 Å². The number of carboxylic acid groups (broad SMARTS) is 1. The molecule has 0 unspecified atom stereocenters. The van der Waals surface area contributed by atoms with Gasteiger partial charge in [-0.05, 0) is 50.7 Å². The normalized spacial score (nSPS) is 16.7. The van der Waals surface area contributed by atoms with Crippen molar-refractivity contribution in [1.82, 2.24) is 9.80 Å². The van der Waals surface area contributed by atoms with Gasteiger partial charge in [-0.2, -0.15) is 0 Å². The van der Waals surface area contributed by atoms with Crippen LogP contribution in [0.1, 0.15) is 18.4 Å². The van der Waals surface area contributed by atoms with E-state index in [0.29, 0.717) is 6.04 Å². The molecule has 0 bridgehead atoms. The Bertz CT molecular complexity index is 447. The first-order valence-electron chi connectivity index (χ1n) is 6.93. The summed E-state index contributed by atoms with van der Waals surface area (Å²) in [6.07, 6.45) is 1.95. The number of hydrogen-bond acceptors (Lipinski definition) is 3.